The van der Waals surface area contributed by atoms with Crippen molar-refractivity contribution in [1.29, 1.82) is 0 Å². The molecule has 0 radical (unpaired) electrons. The number of rotatable bonds is 8. The van der Waals surface area contributed by atoms with Crippen LogP contribution < -0.4 is 0 Å². The Morgan fingerprint density at radius 2 is 1.86 bits per heavy atom. The van der Waals surface area contributed by atoms with Crippen molar-refractivity contribution in [3.8, 4) is 0 Å². The minimum atomic E-state index is 0.622. The van der Waals surface area contributed by atoms with Gasteiger partial charge in [0, 0.05) is 0 Å². The summed E-state index contributed by atoms with van der Waals surface area (Å²) in [6.45, 7) is 7.21. The summed E-state index contributed by atoms with van der Waals surface area (Å²) >= 11 is 0. The lowest BCUT2D eigenvalue weighted by atomic mass is 9.78. The molecular weight excluding hydrogens is 268 g/mol. The van der Waals surface area contributed by atoms with Crippen LogP contribution in [0.3, 0.4) is 0 Å². The van der Waals surface area contributed by atoms with Crippen molar-refractivity contribution in [3.05, 3.63) is 60.2 Å². The van der Waals surface area contributed by atoms with Gasteiger partial charge >= 0.3 is 0 Å². The number of hydrogen-bond donors (Lipinski definition) is 0. The number of unbranched alkanes of at least 4 members (excludes halogenated alkanes) is 1. The van der Waals surface area contributed by atoms with Crippen molar-refractivity contribution in [2.24, 2.45) is 5.92 Å². The largest absolute Gasteiger partial charge is 0.373 e. The normalized spacial score (nSPS) is 22.0. The Morgan fingerprint density at radius 3 is 2.50 bits per heavy atom. The molecule has 1 aliphatic carbocycles. The minimum Gasteiger partial charge on any atom is -0.373 e. The summed E-state index contributed by atoms with van der Waals surface area (Å²) in [5.74, 6) is 1.56. The molecule has 1 aromatic rings. The molecule has 0 atom stereocenters. The Morgan fingerprint density at radius 1 is 1.14 bits per heavy atom. The van der Waals surface area contributed by atoms with E-state index in [0.29, 0.717) is 13.2 Å². The van der Waals surface area contributed by atoms with Gasteiger partial charge in [-0.05, 0) is 55.1 Å². The Labute approximate surface area is 136 Å². The van der Waals surface area contributed by atoms with Crippen molar-refractivity contribution in [3.63, 3.8) is 0 Å². The molecule has 1 aromatic carbocycles. The number of ether oxygens (including phenoxy) is 1. The lowest BCUT2D eigenvalue weighted by Gasteiger charge is -2.27. The molecular formula is C21H30O. The zero-order chi connectivity index (χ0) is 15.6. The molecule has 0 N–H and O–H groups in total. The van der Waals surface area contributed by atoms with E-state index >= 15 is 0 Å². The SMILES string of the molecule is C=CCOCc1ccc(C2CCC(C=CCCC)CC2)cc1. The fourth-order valence-electron chi connectivity index (χ4n) is 3.25. The molecule has 0 spiro atoms. The average Bonchev–Trinajstić information content (AvgIpc) is 2.57. The molecule has 0 heterocycles. The summed E-state index contributed by atoms with van der Waals surface area (Å²) in [7, 11) is 0. The summed E-state index contributed by atoms with van der Waals surface area (Å²) in [5.41, 5.74) is 2.75. The van der Waals surface area contributed by atoms with E-state index in [0.717, 1.165) is 11.8 Å². The highest BCUT2D eigenvalue weighted by molar-refractivity contribution is 5.25. The first-order chi connectivity index (χ1) is 10.8. The Balaban J connectivity index is 1.79. The van der Waals surface area contributed by atoms with Crippen LogP contribution in [-0.4, -0.2) is 6.61 Å². The average molecular weight is 298 g/mol. The predicted molar refractivity (Wildman–Crippen MR) is 95.0 cm³/mol. The highest BCUT2D eigenvalue weighted by Crippen LogP contribution is 2.36. The molecule has 120 valence electrons. The van der Waals surface area contributed by atoms with Crippen molar-refractivity contribution in [2.45, 2.75) is 58.0 Å². The summed E-state index contributed by atoms with van der Waals surface area (Å²) < 4.78 is 5.49. The van der Waals surface area contributed by atoms with Crippen LogP contribution in [0.5, 0.6) is 0 Å². The molecule has 0 unspecified atom stereocenters. The molecule has 0 amide bonds. The van der Waals surface area contributed by atoms with Crippen LogP contribution in [0.1, 0.15) is 62.5 Å². The van der Waals surface area contributed by atoms with Crippen molar-refractivity contribution in [1.82, 2.24) is 0 Å². The predicted octanol–water partition coefficient (Wildman–Crippen LogP) is 6.02. The van der Waals surface area contributed by atoms with Crippen molar-refractivity contribution in [2.75, 3.05) is 6.61 Å². The van der Waals surface area contributed by atoms with Gasteiger partial charge in [0.05, 0.1) is 13.2 Å². The van der Waals surface area contributed by atoms with E-state index < -0.39 is 0 Å². The third kappa shape index (κ3) is 5.46. The van der Waals surface area contributed by atoms with Gasteiger partial charge in [-0.1, -0.05) is 55.8 Å². The molecule has 0 saturated heterocycles. The molecule has 2 rings (SSSR count). The third-order valence-electron chi connectivity index (χ3n) is 4.59. The van der Waals surface area contributed by atoms with E-state index in [9.17, 15) is 0 Å². The first-order valence-corrected chi connectivity index (χ1v) is 8.77. The lowest BCUT2D eigenvalue weighted by Crippen LogP contribution is -2.11. The molecule has 1 saturated carbocycles. The van der Waals surface area contributed by atoms with Crippen LogP contribution in [0.4, 0.5) is 0 Å². The third-order valence-corrected chi connectivity index (χ3v) is 4.59. The van der Waals surface area contributed by atoms with Crippen LogP contribution in [0.15, 0.2) is 49.1 Å². The standard InChI is InChI=1S/C21H30O/c1-3-5-6-7-18-8-12-20(13-9-18)21-14-10-19(11-15-21)17-22-16-4-2/h4,6-7,10-11,14-15,18,20H,2-3,5,8-9,12-13,16-17H2,1H3. The lowest BCUT2D eigenvalue weighted by molar-refractivity contribution is 0.149. The van der Waals surface area contributed by atoms with Gasteiger partial charge in [0.15, 0.2) is 0 Å². The summed E-state index contributed by atoms with van der Waals surface area (Å²) in [4.78, 5) is 0. The van der Waals surface area contributed by atoms with Crippen LogP contribution in [-0.2, 0) is 11.3 Å². The number of benzene rings is 1. The van der Waals surface area contributed by atoms with E-state index in [4.69, 9.17) is 4.74 Å². The van der Waals surface area contributed by atoms with Crippen molar-refractivity contribution < 1.29 is 4.74 Å². The van der Waals surface area contributed by atoms with Gasteiger partial charge in [0.25, 0.3) is 0 Å². The molecule has 1 nitrogen and oxygen atoms in total. The van der Waals surface area contributed by atoms with E-state index in [2.05, 4.69) is 49.9 Å². The highest BCUT2D eigenvalue weighted by Gasteiger charge is 2.20. The fourth-order valence-corrected chi connectivity index (χ4v) is 3.25. The number of hydrogen-bond acceptors (Lipinski definition) is 1. The van der Waals surface area contributed by atoms with Gasteiger partial charge in [0.1, 0.15) is 0 Å². The second kappa shape index (κ2) is 9.63. The Bertz CT molecular complexity index is 449. The summed E-state index contributed by atoms with van der Waals surface area (Å²) in [6.07, 6.45) is 14.5. The maximum atomic E-state index is 5.49. The zero-order valence-electron chi connectivity index (χ0n) is 14.0. The summed E-state index contributed by atoms with van der Waals surface area (Å²) in [6, 6.07) is 9.02. The summed E-state index contributed by atoms with van der Waals surface area (Å²) in [5, 5.41) is 0. The first-order valence-electron chi connectivity index (χ1n) is 8.77. The van der Waals surface area contributed by atoms with Gasteiger partial charge in [-0.25, -0.2) is 0 Å². The second-order valence-electron chi connectivity index (χ2n) is 6.37. The molecule has 0 bridgehead atoms. The van der Waals surface area contributed by atoms with Crippen molar-refractivity contribution >= 4 is 0 Å². The monoisotopic (exact) mass is 298 g/mol. The van der Waals surface area contributed by atoms with Gasteiger partial charge in [-0.3, -0.25) is 0 Å². The molecule has 0 aromatic heterocycles. The van der Waals surface area contributed by atoms with Gasteiger partial charge < -0.3 is 4.74 Å². The fraction of sp³-hybridized carbons (Fsp3) is 0.524. The second-order valence-corrected chi connectivity index (χ2v) is 6.37. The zero-order valence-corrected chi connectivity index (χ0v) is 14.0. The Kier molecular flexibility index (Phi) is 7.45. The molecule has 0 aliphatic heterocycles. The topological polar surface area (TPSA) is 9.23 Å². The van der Waals surface area contributed by atoms with Gasteiger partial charge in [-0.15, -0.1) is 6.58 Å². The first kappa shape index (κ1) is 17.0. The quantitative estimate of drug-likeness (QED) is 0.421. The van der Waals surface area contributed by atoms with Crippen LogP contribution in [0, 0.1) is 5.92 Å². The van der Waals surface area contributed by atoms with E-state index in [1.807, 2.05) is 0 Å². The number of allylic oxidation sites excluding steroid dienone is 2. The maximum absolute atomic E-state index is 5.49. The van der Waals surface area contributed by atoms with Gasteiger partial charge in [0.2, 0.25) is 0 Å². The maximum Gasteiger partial charge on any atom is 0.0721 e. The molecule has 1 fully saturated rings. The molecule has 22 heavy (non-hydrogen) atoms. The Hall–Kier alpha value is -1.34. The molecule has 1 heteroatoms. The highest BCUT2D eigenvalue weighted by atomic mass is 16.5. The van der Waals surface area contributed by atoms with E-state index in [-0.39, 0.29) is 0 Å². The van der Waals surface area contributed by atoms with Gasteiger partial charge in [-0.2, -0.15) is 0 Å². The van der Waals surface area contributed by atoms with Crippen LogP contribution in [0.2, 0.25) is 0 Å². The molecule has 1 aliphatic rings. The van der Waals surface area contributed by atoms with Crippen LogP contribution in [0.25, 0.3) is 0 Å². The smallest absolute Gasteiger partial charge is 0.0721 e. The minimum absolute atomic E-state index is 0.622. The van der Waals surface area contributed by atoms with Crippen LogP contribution >= 0.6 is 0 Å². The van der Waals surface area contributed by atoms with E-state index in [1.54, 1.807) is 6.08 Å². The van der Waals surface area contributed by atoms with E-state index in [1.165, 1.54) is 49.7 Å².